The molecule has 0 aromatic carbocycles. The molecular formula is C26H54O8. The van der Waals surface area contributed by atoms with E-state index in [4.69, 9.17) is 5.26 Å². The van der Waals surface area contributed by atoms with Gasteiger partial charge in [-0.3, -0.25) is 0 Å². The van der Waals surface area contributed by atoms with Crippen molar-refractivity contribution in [1.29, 1.82) is 0 Å². The van der Waals surface area contributed by atoms with Gasteiger partial charge in [-0.05, 0) is 31.6 Å². The van der Waals surface area contributed by atoms with Crippen LogP contribution in [0, 0.1) is 0 Å². The summed E-state index contributed by atoms with van der Waals surface area (Å²) in [5.41, 5.74) is 0. The van der Waals surface area contributed by atoms with E-state index in [-0.39, 0.29) is 0 Å². The summed E-state index contributed by atoms with van der Waals surface area (Å²) >= 11 is 0. The molecule has 0 aliphatic heterocycles. The fraction of sp³-hybridized carbons (Fsp3) is 1.00. The average Bonchev–Trinajstić information content (AvgIpc) is 2.84. The predicted octanol–water partition coefficient (Wildman–Crippen LogP) is 8.83. The van der Waals surface area contributed by atoms with Gasteiger partial charge >= 0.3 is 0 Å². The molecule has 0 aromatic heterocycles. The third-order valence-corrected chi connectivity index (χ3v) is 6.32. The lowest BCUT2D eigenvalue weighted by Gasteiger charge is -2.08. The van der Waals surface area contributed by atoms with Crippen molar-refractivity contribution in [2.45, 2.75) is 167 Å². The van der Waals surface area contributed by atoms with Gasteiger partial charge < -0.3 is 5.11 Å². The molecule has 0 fully saturated rings. The standard InChI is InChI=1S/C26H54O8/c1-2-3-4-5-6-7-8-9-10-11-12-13-14-15-16-17-18-19-20-21-22-23-24-25-26(27)29-31-33-34-32-30-28/h26-28H,2-25H2,1H3. The Labute approximate surface area is 208 Å². The van der Waals surface area contributed by atoms with Crippen LogP contribution in [0.15, 0.2) is 0 Å². The van der Waals surface area contributed by atoms with Gasteiger partial charge in [-0.1, -0.05) is 148 Å². The first-order valence-electron chi connectivity index (χ1n) is 14.1. The second-order valence-electron chi connectivity index (χ2n) is 9.46. The Morgan fingerprint density at radius 2 is 0.765 bits per heavy atom. The van der Waals surface area contributed by atoms with Crippen molar-refractivity contribution in [2.75, 3.05) is 0 Å². The van der Waals surface area contributed by atoms with Crippen molar-refractivity contribution in [3.05, 3.63) is 0 Å². The molecule has 34 heavy (non-hydrogen) atoms. The number of aliphatic hydroxyl groups excluding tert-OH is 1. The minimum absolute atomic E-state index is 0.430. The second kappa shape index (κ2) is 30.7. The normalized spacial score (nSPS) is 12.4. The summed E-state index contributed by atoms with van der Waals surface area (Å²) in [5.74, 6) is 0. The Kier molecular flexibility index (Phi) is 30.4. The van der Waals surface area contributed by atoms with Gasteiger partial charge in [0.1, 0.15) is 0 Å². The van der Waals surface area contributed by atoms with Crippen LogP contribution in [-0.2, 0) is 30.1 Å². The predicted molar refractivity (Wildman–Crippen MR) is 132 cm³/mol. The Morgan fingerprint density at radius 3 is 1.12 bits per heavy atom. The topological polar surface area (TPSA) is 95.8 Å². The van der Waals surface area contributed by atoms with Crippen molar-refractivity contribution in [3.8, 4) is 0 Å². The summed E-state index contributed by atoms with van der Waals surface area (Å²) < 4.78 is 0. The molecule has 0 rings (SSSR count). The number of hydrogen-bond acceptors (Lipinski definition) is 8. The van der Waals surface area contributed by atoms with E-state index in [0.29, 0.717) is 6.42 Å². The van der Waals surface area contributed by atoms with Crippen molar-refractivity contribution in [3.63, 3.8) is 0 Å². The molecule has 0 heterocycles. The van der Waals surface area contributed by atoms with Crippen LogP contribution in [-0.4, -0.2) is 16.7 Å². The first-order valence-corrected chi connectivity index (χ1v) is 14.1. The monoisotopic (exact) mass is 494 g/mol. The highest BCUT2D eigenvalue weighted by atomic mass is 17.9. The highest BCUT2D eigenvalue weighted by Gasteiger charge is 2.06. The molecule has 0 bridgehead atoms. The zero-order valence-electron chi connectivity index (χ0n) is 21.9. The summed E-state index contributed by atoms with van der Waals surface area (Å²) in [6.07, 6.45) is 30.4. The van der Waals surface area contributed by atoms with E-state index in [2.05, 4.69) is 37.0 Å². The summed E-state index contributed by atoms with van der Waals surface area (Å²) in [5, 5.41) is 35.3. The molecule has 206 valence electrons. The van der Waals surface area contributed by atoms with Gasteiger partial charge in [0.05, 0.1) is 0 Å². The summed E-state index contributed by atoms with van der Waals surface area (Å²) in [4.78, 5) is 4.43. The molecule has 0 spiro atoms. The van der Waals surface area contributed by atoms with E-state index in [1.807, 2.05) is 0 Å². The maximum Gasteiger partial charge on any atom is 0.191 e. The summed E-state index contributed by atoms with van der Waals surface area (Å²) in [6, 6.07) is 0. The van der Waals surface area contributed by atoms with Crippen LogP contribution in [0.4, 0.5) is 0 Å². The lowest BCUT2D eigenvalue weighted by molar-refractivity contribution is -0.792. The van der Waals surface area contributed by atoms with E-state index >= 15 is 0 Å². The van der Waals surface area contributed by atoms with Crippen molar-refractivity contribution in [2.24, 2.45) is 0 Å². The van der Waals surface area contributed by atoms with Crippen LogP contribution < -0.4 is 0 Å². The van der Waals surface area contributed by atoms with E-state index in [9.17, 15) is 5.11 Å². The van der Waals surface area contributed by atoms with Crippen molar-refractivity contribution in [1.82, 2.24) is 0 Å². The van der Waals surface area contributed by atoms with Crippen LogP contribution in [0.25, 0.3) is 0 Å². The average molecular weight is 495 g/mol. The van der Waals surface area contributed by atoms with Crippen LogP contribution in [0.2, 0.25) is 0 Å². The lowest BCUT2D eigenvalue weighted by atomic mass is 10.0. The van der Waals surface area contributed by atoms with Gasteiger partial charge in [0, 0.05) is 6.42 Å². The van der Waals surface area contributed by atoms with E-state index < -0.39 is 6.29 Å². The molecule has 1 atom stereocenters. The fourth-order valence-electron chi connectivity index (χ4n) is 4.25. The third kappa shape index (κ3) is 29.7. The third-order valence-electron chi connectivity index (χ3n) is 6.32. The molecule has 1 unspecified atom stereocenters. The molecule has 8 nitrogen and oxygen atoms in total. The minimum Gasteiger partial charge on any atom is -0.366 e. The molecule has 0 radical (unpaired) electrons. The maximum absolute atomic E-state index is 9.47. The fourth-order valence-corrected chi connectivity index (χ4v) is 4.25. The lowest BCUT2D eigenvalue weighted by Crippen LogP contribution is -2.12. The van der Waals surface area contributed by atoms with Gasteiger partial charge in [0.2, 0.25) is 0 Å². The van der Waals surface area contributed by atoms with Gasteiger partial charge in [0.15, 0.2) is 6.29 Å². The quantitative estimate of drug-likeness (QED) is 0.0442. The first-order chi connectivity index (χ1) is 16.8. The summed E-state index contributed by atoms with van der Waals surface area (Å²) in [6.45, 7) is 2.28. The van der Waals surface area contributed by atoms with Crippen molar-refractivity contribution >= 4 is 0 Å². The maximum atomic E-state index is 9.47. The molecule has 8 heteroatoms. The minimum atomic E-state index is -1.12. The molecule has 0 saturated carbocycles. The molecule has 0 aliphatic rings. The SMILES string of the molecule is CCCCCCCCCCCCCCCCCCCCCCCCCC(O)OOOOOOO. The summed E-state index contributed by atoms with van der Waals surface area (Å²) in [7, 11) is 0. The van der Waals surface area contributed by atoms with E-state index in [1.165, 1.54) is 128 Å². The Morgan fingerprint density at radius 1 is 0.441 bits per heavy atom. The largest absolute Gasteiger partial charge is 0.366 e. The highest BCUT2D eigenvalue weighted by Crippen LogP contribution is 2.16. The van der Waals surface area contributed by atoms with Crippen molar-refractivity contribution < 1.29 is 40.4 Å². The van der Waals surface area contributed by atoms with Gasteiger partial charge in [-0.15, -0.1) is 0 Å². The number of unbranched alkanes of at least 4 members (excludes halogenated alkanes) is 22. The molecule has 0 amide bonds. The van der Waals surface area contributed by atoms with Crippen LogP contribution in [0.3, 0.4) is 0 Å². The molecule has 0 aliphatic carbocycles. The smallest absolute Gasteiger partial charge is 0.191 e. The molecular weight excluding hydrogens is 440 g/mol. The van der Waals surface area contributed by atoms with Gasteiger partial charge in [-0.25, -0.2) is 5.26 Å². The van der Waals surface area contributed by atoms with Gasteiger partial charge in [0.25, 0.3) is 0 Å². The van der Waals surface area contributed by atoms with E-state index in [0.717, 1.165) is 19.3 Å². The van der Waals surface area contributed by atoms with Crippen LogP contribution in [0.5, 0.6) is 0 Å². The highest BCUT2D eigenvalue weighted by molar-refractivity contribution is 4.51. The zero-order chi connectivity index (χ0) is 24.8. The Bertz CT molecular complexity index is 360. The number of rotatable bonds is 30. The number of aliphatic hydroxyl groups is 1. The first kappa shape index (κ1) is 33.7. The molecule has 2 N–H and O–H groups in total. The van der Waals surface area contributed by atoms with Crippen LogP contribution in [0.1, 0.15) is 161 Å². The zero-order valence-corrected chi connectivity index (χ0v) is 21.9. The molecule has 0 aromatic rings. The second-order valence-corrected chi connectivity index (χ2v) is 9.46. The molecule has 0 saturated heterocycles. The Hall–Kier alpha value is -0.320. The van der Waals surface area contributed by atoms with Crippen LogP contribution >= 0.6 is 0 Å². The van der Waals surface area contributed by atoms with Gasteiger partial charge in [-0.2, -0.15) is 4.89 Å². The Balaban J connectivity index is 3.07. The van der Waals surface area contributed by atoms with E-state index in [1.54, 1.807) is 0 Å². The number of hydrogen-bond donors (Lipinski definition) is 2.